The number of anilines is 2. The molecule has 336 valence electrons. The molecule has 1 N–H and O–H groups in total. The van der Waals surface area contributed by atoms with Gasteiger partial charge in [0.2, 0.25) is 0 Å². The number of thiophene rings is 2. The van der Waals surface area contributed by atoms with E-state index in [1.54, 1.807) is 0 Å². The quantitative estimate of drug-likeness (QED) is 0.174. The normalized spacial score (nSPS) is 12.8. The van der Waals surface area contributed by atoms with Crippen molar-refractivity contribution in [2.24, 2.45) is 0 Å². The first-order valence-corrected chi connectivity index (χ1v) is 26.1. The monoisotopic (exact) mass is 936 g/mol. The molecule has 0 radical (unpaired) electrons. The second kappa shape index (κ2) is 15.1. The average molecular weight is 937 g/mol. The highest BCUT2D eigenvalue weighted by Gasteiger charge is 2.33. The first-order chi connectivity index (χ1) is 34.0. The number of benzene rings is 9. The molecule has 0 atom stereocenters. The van der Waals surface area contributed by atoms with E-state index in [0.29, 0.717) is 0 Å². The summed E-state index contributed by atoms with van der Waals surface area (Å²) in [6.07, 6.45) is 0. The van der Waals surface area contributed by atoms with Crippen molar-refractivity contribution in [3.8, 4) is 39.3 Å². The Morgan fingerprint density at radius 3 is 1.90 bits per heavy atom. The van der Waals surface area contributed by atoms with Crippen molar-refractivity contribution in [3.05, 3.63) is 187 Å². The number of nitrogens with one attached hydrogen (secondary N) is 1. The van der Waals surface area contributed by atoms with Gasteiger partial charge in [-0.25, -0.2) is 0 Å². The second-order valence-electron chi connectivity index (χ2n) is 21.3. The maximum atomic E-state index is 7.10. The molecule has 5 heterocycles. The molecule has 14 rings (SSSR count). The molecule has 0 aliphatic carbocycles. The molecule has 0 saturated heterocycles. The number of nitrogens with zero attached hydrogens (tertiary/aromatic N) is 1. The largest absolute Gasteiger partial charge is 0.455 e. The van der Waals surface area contributed by atoms with Crippen molar-refractivity contribution >= 4 is 125 Å². The molecule has 0 unspecified atom stereocenters. The number of fused-ring (bicyclic) bond motifs is 13. The zero-order chi connectivity index (χ0) is 47.2. The fourth-order valence-corrected chi connectivity index (χ4v) is 13.8. The predicted molar refractivity (Wildman–Crippen MR) is 306 cm³/mol. The highest BCUT2D eigenvalue weighted by Crippen LogP contribution is 2.51. The molecule has 6 heteroatoms. The van der Waals surface area contributed by atoms with E-state index in [0.717, 1.165) is 52.1 Å². The molecular formula is C64H49BN2OS2. The summed E-state index contributed by atoms with van der Waals surface area (Å²) in [6, 6.07) is 65.5. The first kappa shape index (κ1) is 41.6. The Balaban J connectivity index is 1.14. The SMILES string of the molecule is CC(C)(C)c1ccc(Nc2cc3sc4ccccc4c3cc2-c2c3c4c(c5cc(C(C)(C)C)ccc5n4-c4cc5c(-c6ccccc6)c(-c6ccccc6)oc5cc4B3)c3sc4ccccc4c23)cc1. The number of hydrogen-bond donors (Lipinski definition) is 1. The summed E-state index contributed by atoms with van der Waals surface area (Å²) in [6.45, 7) is 13.8. The van der Waals surface area contributed by atoms with E-state index in [1.165, 1.54) is 101 Å². The number of rotatable bonds is 5. The summed E-state index contributed by atoms with van der Waals surface area (Å²) in [7, 11) is 0.740. The summed E-state index contributed by atoms with van der Waals surface area (Å²) in [5.41, 5.74) is 17.9. The van der Waals surface area contributed by atoms with E-state index in [9.17, 15) is 0 Å². The fourth-order valence-electron chi connectivity index (χ4n) is 11.4. The van der Waals surface area contributed by atoms with Crippen LogP contribution < -0.4 is 16.2 Å². The lowest BCUT2D eigenvalue weighted by Crippen LogP contribution is -2.37. The number of hydrogen-bond acceptors (Lipinski definition) is 4. The summed E-state index contributed by atoms with van der Waals surface area (Å²) >= 11 is 3.82. The minimum absolute atomic E-state index is 0.0332. The van der Waals surface area contributed by atoms with Crippen LogP contribution in [0.2, 0.25) is 0 Å². The molecule has 0 bridgehead atoms. The summed E-state index contributed by atoms with van der Waals surface area (Å²) in [5.74, 6) is 0.897. The Bertz CT molecular complexity index is 4290. The second-order valence-corrected chi connectivity index (χ2v) is 23.5. The molecule has 70 heavy (non-hydrogen) atoms. The van der Waals surface area contributed by atoms with Crippen molar-refractivity contribution < 1.29 is 4.42 Å². The smallest absolute Gasteiger partial charge is 0.198 e. The minimum atomic E-state index is -0.0332. The molecule has 1 aliphatic heterocycles. The van der Waals surface area contributed by atoms with E-state index in [-0.39, 0.29) is 10.8 Å². The maximum Gasteiger partial charge on any atom is 0.198 e. The van der Waals surface area contributed by atoms with Crippen molar-refractivity contribution in [3.63, 3.8) is 0 Å². The molecule has 0 amide bonds. The van der Waals surface area contributed by atoms with E-state index in [2.05, 4.69) is 227 Å². The van der Waals surface area contributed by atoms with Crippen LogP contribution in [0.1, 0.15) is 52.7 Å². The zero-order valence-corrected chi connectivity index (χ0v) is 41.8. The van der Waals surface area contributed by atoms with E-state index in [4.69, 9.17) is 4.42 Å². The Kier molecular flexibility index (Phi) is 8.95. The first-order valence-electron chi connectivity index (χ1n) is 24.4. The van der Waals surface area contributed by atoms with Crippen LogP contribution in [0.4, 0.5) is 11.4 Å². The molecule has 13 aromatic rings. The van der Waals surface area contributed by atoms with Crippen LogP contribution in [-0.2, 0) is 10.8 Å². The van der Waals surface area contributed by atoms with Crippen LogP contribution in [0.25, 0.3) is 112 Å². The van der Waals surface area contributed by atoms with Gasteiger partial charge in [-0.15, -0.1) is 22.7 Å². The molecular weight excluding hydrogens is 888 g/mol. The highest BCUT2D eigenvalue weighted by molar-refractivity contribution is 7.27. The third-order valence-corrected chi connectivity index (χ3v) is 17.2. The van der Waals surface area contributed by atoms with Crippen LogP contribution in [0, 0.1) is 0 Å². The van der Waals surface area contributed by atoms with Gasteiger partial charge in [-0.05, 0) is 99.2 Å². The van der Waals surface area contributed by atoms with Gasteiger partial charge < -0.3 is 14.3 Å². The zero-order valence-electron chi connectivity index (χ0n) is 40.1. The van der Waals surface area contributed by atoms with Crippen LogP contribution in [-0.4, -0.2) is 11.8 Å². The standard InChI is InChI=1S/C64H49BN2OS2/c1-63(2,3)38-25-28-40(29-26-38)66-48-35-54-43(41-21-13-15-23-52(41)69-54)32-44(48)56-57-42-22-14-16-24-53(42)70-62(57)58-45-31-39(64(4,5)6)27-30-49(45)67-50-33-46-51(34-47(50)65-59(56)60(58)67)68-61(37-19-11-8-12-20-37)55(46)36-17-9-7-10-18-36/h7-35,65-66H,1-6H3. The van der Waals surface area contributed by atoms with Gasteiger partial charge in [0.05, 0.1) is 11.0 Å². The third kappa shape index (κ3) is 6.26. The van der Waals surface area contributed by atoms with Gasteiger partial charge in [-0.3, -0.25) is 0 Å². The summed E-state index contributed by atoms with van der Waals surface area (Å²) < 4.78 is 14.9. The van der Waals surface area contributed by atoms with Crippen molar-refractivity contribution in [2.45, 2.75) is 52.4 Å². The Morgan fingerprint density at radius 1 is 0.514 bits per heavy atom. The van der Waals surface area contributed by atoms with Crippen LogP contribution in [0.15, 0.2) is 180 Å². The van der Waals surface area contributed by atoms with Gasteiger partial charge in [0.25, 0.3) is 0 Å². The molecule has 3 nitrogen and oxygen atoms in total. The van der Waals surface area contributed by atoms with Crippen LogP contribution in [0.5, 0.6) is 0 Å². The van der Waals surface area contributed by atoms with Gasteiger partial charge in [-0.1, -0.05) is 162 Å². The number of aromatic nitrogens is 1. The van der Waals surface area contributed by atoms with Crippen molar-refractivity contribution in [1.29, 1.82) is 0 Å². The summed E-state index contributed by atoms with van der Waals surface area (Å²) in [5, 5.41) is 13.0. The van der Waals surface area contributed by atoms with E-state index >= 15 is 0 Å². The number of furan rings is 1. The van der Waals surface area contributed by atoms with Crippen LogP contribution >= 0.6 is 22.7 Å². The van der Waals surface area contributed by atoms with Gasteiger partial charge in [0.15, 0.2) is 7.28 Å². The minimum Gasteiger partial charge on any atom is -0.455 e. The molecule has 9 aromatic carbocycles. The average Bonchev–Trinajstić information content (AvgIpc) is 4.13. The lowest BCUT2D eigenvalue weighted by atomic mass is 9.58. The summed E-state index contributed by atoms with van der Waals surface area (Å²) in [4.78, 5) is 0. The Hall–Kier alpha value is -7.38. The lowest BCUT2D eigenvalue weighted by Gasteiger charge is -2.25. The molecule has 0 saturated carbocycles. The van der Waals surface area contributed by atoms with Gasteiger partial charge in [0, 0.05) is 90.3 Å². The van der Waals surface area contributed by atoms with E-state index < -0.39 is 0 Å². The topological polar surface area (TPSA) is 30.1 Å². The molecule has 0 spiro atoms. The van der Waals surface area contributed by atoms with Gasteiger partial charge in [0.1, 0.15) is 11.3 Å². The Labute approximate surface area is 415 Å². The van der Waals surface area contributed by atoms with Gasteiger partial charge in [-0.2, -0.15) is 0 Å². The third-order valence-electron chi connectivity index (χ3n) is 14.9. The van der Waals surface area contributed by atoms with E-state index in [1.807, 2.05) is 22.7 Å². The predicted octanol–water partition coefficient (Wildman–Crippen LogP) is 17.3. The van der Waals surface area contributed by atoms with Crippen molar-refractivity contribution in [2.75, 3.05) is 5.32 Å². The molecule has 4 aromatic heterocycles. The Morgan fingerprint density at radius 2 is 1.17 bits per heavy atom. The highest BCUT2D eigenvalue weighted by atomic mass is 32.1. The van der Waals surface area contributed by atoms with Crippen LogP contribution in [0.3, 0.4) is 0 Å². The molecule has 0 fully saturated rings. The van der Waals surface area contributed by atoms with Gasteiger partial charge >= 0.3 is 0 Å². The van der Waals surface area contributed by atoms with Crippen molar-refractivity contribution in [1.82, 2.24) is 4.57 Å². The maximum absolute atomic E-state index is 7.10. The lowest BCUT2D eigenvalue weighted by molar-refractivity contribution is 0.590. The molecule has 1 aliphatic rings. The fraction of sp³-hybridized carbons (Fsp3) is 0.125.